The number of rotatable bonds is 4. The molecule has 26 heavy (non-hydrogen) atoms. The molecule has 4 rings (SSSR count). The first-order valence-corrected chi connectivity index (χ1v) is 10.2. The van der Waals surface area contributed by atoms with E-state index in [9.17, 15) is 5.21 Å². The fraction of sp³-hybridized carbons (Fsp3) is 0.682. The largest absolute Gasteiger partial charge is 0.497 e. The molecular formula is C22H31NO3. The highest BCUT2D eigenvalue weighted by molar-refractivity contribution is 6.03. The smallest absolute Gasteiger partial charge is 0.119 e. The summed E-state index contributed by atoms with van der Waals surface area (Å²) in [5, 5.41) is 13.4. The first kappa shape index (κ1) is 17.8. The van der Waals surface area contributed by atoms with E-state index in [-0.39, 0.29) is 0 Å². The summed E-state index contributed by atoms with van der Waals surface area (Å²) in [6.45, 7) is 5.25. The number of ether oxygens (including phenoxy) is 2. The van der Waals surface area contributed by atoms with E-state index in [1.165, 1.54) is 37.7 Å². The van der Waals surface area contributed by atoms with Crippen molar-refractivity contribution in [2.24, 2.45) is 22.4 Å². The summed E-state index contributed by atoms with van der Waals surface area (Å²) < 4.78 is 11.7. The van der Waals surface area contributed by atoms with Gasteiger partial charge in [0.25, 0.3) is 0 Å². The Hall–Kier alpha value is -1.55. The minimum absolute atomic E-state index is 0.300. The molecule has 0 aromatic heterocycles. The summed E-state index contributed by atoms with van der Waals surface area (Å²) >= 11 is 0. The van der Waals surface area contributed by atoms with Crippen LogP contribution >= 0.6 is 0 Å². The first-order valence-electron chi connectivity index (χ1n) is 10.2. The highest BCUT2D eigenvalue weighted by Gasteiger charge is 2.57. The molecule has 0 bridgehead atoms. The molecule has 0 unspecified atom stereocenters. The maximum Gasteiger partial charge on any atom is 0.119 e. The summed E-state index contributed by atoms with van der Waals surface area (Å²) in [6, 6.07) is 6.22. The van der Waals surface area contributed by atoms with Gasteiger partial charge >= 0.3 is 0 Å². The van der Waals surface area contributed by atoms with Crippen molar-refractivity contribution >= 4 is 5.71 Å². The molecule has 3 aliphatic rings. The van der Waals surface area contributed by atoms with Crippen molar-refractivity contribution in [2.45, 2.75) is 64.4 Å². The van der Waals surface area contributed by atoms with E-state index in [1.807, 2.05) is 6.07 Å². The minimum Gasteiger partial charge on any atom is -0.497 e. The number of benzene rings is 1. The van der Waals surface area contributed by atoms with E-state index < -0.39 is 0 Å². The first-order chi connectivity index (χ1) is 12.7. The Balaban J connectivity index is 1.74. The molecule has 4 heteroatoms. The molecule has 2 saturated carbocycles. The van der Waals surface area contributed by atoms with Gasteiger partial charge in [0.05, 0.1) is 18.9 Å². The Kier molecular flexibility index (Phi) is 4.72. The van der Waals surface area contributed by atoms with Gasteiger partial charge in [-0.15, -0.1) is 0 Å². The maximum atomic E-state index is 9.68. The molecule has 2 fully saturated rings. The van der Waals surface area contributed by atoms with Gasteiger partial charge in [-0.25, -0.2) is 0 Å². The normalized spacial score (nSPS) is 37.1. The molecule has 4 nitrogen and oxygen atoms in total. The standard InChI is InChI=1S/C22H31NO3/c1-4-22-11-10-15-17-12-14(25-3)6-7-16(17)20(23-24)13-18(15)19(22)8-9-21(22)26-5-2/h6-7,12,15,18-19,21,24H,4-5,8-11,13H2,1-3H3/b23-20+/t15-,18-,19+,21+,22+/m1/s1. The third-order valence-electron chi connectivity index (χ3n) is 7.62. The number of oxime groups is 1. The lowest BCUT2D eigenvalue weighted by Gasteiger charge is -2.52. The lowest BCUT2D eigenvalue weighted by atomic mass is 9.53. The zero-order valence-corrected chi connectivity index (χ0v) is 16.2. The Morgan fingerprint density at radius 1 is 1.23 bits per heavy atom. The molecule has 0 radical (unpaired) electrons. The maximum absolute atomic E-state index is 9.68. The van der Waals surface area contributed by atoms with Crippen LogP contribution < -0.4 is 4.74 Å². The second-order valence-corrected chi connectivity index (χ2v) is 8.23. The van der Waals surface area contributed by atoms with Gasteiger partial charge in [0.2, 0.25) is 0 Å². The molecule has 0 heterocycles. The molecule has 0 spiro atoms. The molecular weight excluding hydrogens is 326 g/mol. The van der Waals surface area contributed by atoms with Crippen molar-refractivity contribution in [1.29, 1.82) is 0 Å². The Morgan fingerprint density at radius 2 is 2.08 bits per heavy atom. The zero-order chi connectivity index (χ0) is 18.3. The molecule has 0 saturated heterocycles. The van der Waals surface area contributed by atoms with Gasteiger partial charge in [-0.1, -0.05) is 12.1 Å². The fourth-order valence-electron chi connectivity index (χ4n) is 6.50. The molecule has 142 valence electrons. The van der Waals surface area contributed by atoms with Crippen LogP contribution in [0.1, 0.15) is 69.4 Å². The predicted molar refractivity (Wildman–Crippen MR) is 102 cm³/mol. The van der Waals surface area contributed by atoms with Gasteiger partial charge in [0.15, 0.2) is 0 Å². The van der Waals surface area contributed by atoms with E-state index in [2.05, 4.69) is 31.1 Å². The minimum atomic E-state index is 0.300. The average Bonchev–Trinajstić information content (AvgIpc) is 3.06. The number of hydrogen-bond acceptors (Lipinski definition) is 4. The van der Waals surface area contributed by atoms with E-state index in [1.54, 1.807) is 7.11 Å². The molecule has 3 aliphatic carbocycles. The van der Waals surface area contributed by atoms with E-state index in [0.717, 1.165) is 30.1 Å². The van der Waals surface area contributed by atoms with Crippen molar-refractivity contribution in [1.82, 2.24) is 0 Å². The van der Waals surface area contributed by atoms with Crippen LogP contribution in [0.3, 0.4) is 0 Å². The summed E-state index contributed by atoms with van der Waals surface area (Å²) in [7, 11) is 1.72. The highest BCUT2D eigenvalue weighted by Crippen LogP contribution is 2.63. The number of hydrogen-bond donors (Lipinski definition) is 1. The second-order valence-electron chi connectivity index (χ2n) is 8.23. The summed E-state index contributed by atoms with van der Waals surface area (Å²) in [5.74, 6) is 2.63. The number of nitrogens with zero attached hydrogens (tertiary/aromatic N) is 1. The third kappa shape index (κ3) is 2.49. The monoisotopic (exact) mass is 357 g/mol. The van der Waals surface area contributed by atoms with E-state index >= 15 is 0 Å². The van der Waals surface area contributed by atoms with Crippen LogP contribution in [0, 0.1) is 17.3 Å². The molecule has 1 aromatic carbocycles. The van der Waals surface area contributed by atoms with Crippen LogP contribution in [0.25, 0.3) is 0 Å². The van der Waals surface area contributed by atoms with Crippen molar-refractivity contribution in [3.05, 3.63) is 29.3 Å². The zero-order valence-electron chi connectivity index (χ0n) is 16.2. The van der Waals surface area contributed by atoms with Gasteiger partial charge < -0.3 is 14.7 Å². The molecule has 1 aromatic rings. The van der Waals surface area contributed by atoms with Gasteiger partial charge in [-0.3, -0.25) is 0 Å². The summed E-state index contributed by atoms with van der Waals surface area (Å²) in [4.78, 5) is 0. The van der Waals surface area contributed by atoms with Crippen LogP contribution in [0.5, 0.6) is 5.75 Å². The second kappa shape index (κ2) is 6.88. The van der Waals surface area contributed by atoms with Gasteiger partial charge in [0, 0.05) is 12.2 Å². The summed E-state index contributed by atoms with van der Waals surface area (Å²) in [6.07, 6.45) is 7.29. The lowest BCUT2D eigenvalue weighted by molar-refractivity contribution is -0.0707. The van der Waals surface area contributed by atoms with Crippen LogP contribution in [-0.4, -0.2) is 30.7 Å². The lowest BCUT2D eigenvalue weighted by Crippen LogP contribution is -2.47. The van der Waals surface area contributed by atoms with E-state index in [4.69, 9.17) is 9.47 Å². The topological polar surface area (TPSA) is 51.0 Å². The highest BCUT2D eigenvalue weighted by atomic mass is 16.5. The Labute approximate surface area is 156 Å². The van der Waals surface area contributed by atoms with Crippen molar-refractivity contribution in [3.63, 3.8) is 0 Å². The molecule has 0 aliphatic heterocycles. The molecule has 5 atom stereocenters. The summed E-state index contributed by atoms with van der Waals surface area (Å²) in [5.41, 5.74) is 3.57. The quantitative estimate of drug-likeness (QED) is 0.610. The van der Waals surface area contributed by atoms with Crippen LogP contribution in [0.15, 0.2) is 23.4 Å². The number of fused-ring (bicyclic) bond motifs is 5. The molecule has 0 amide bonds. The van der Waals surface area contributed by atoms with Gasteiger partial charge in [-0.05, 0) is 92.4 Å². The third-order valence-corrected chi connectivity index (χ3v) is 7.62. The fourth-order valence-corrected chi connectivity index (χ4v) is 6.50. The van der Waals surface area contributed by atoms with Crippen LogP contribution in [0.4, 0.5) is 0 Å². The Bertz CT molecular complexity index is 701. The molecule has 1 N–H and O–H groups in total. The average molecular weight is 357 g/mol. The SMILES string of the molecule is CCO[C@H]1CC[C@H]2[C@@H]3C/C(=N\O)c4ccc(OC)cc4[C@H]3CC[C@]12CC. The van der Waals surface area contributed by atoms with Crippen molar-refractivity contribution < 1.29 is 14.7 Å². The van der Waals surface area contributed by atoms with Crippen molar-refractivity contribution in [2.75, 3.05) is 13.7 Å². The van der Waals surface area contributed by atoms with Crippen molar-refractivity contribution in [3.8, 4) is 5.75 Å². The Morgan fingerprint density at radius 3 is 2.77 bits per heavy atom. The van der Waals surface area contributed by atoms with Crippen LogP contribution in [-0.2, 0) is 4.74 Å². The predicted octanol–water partition coefficient (Wildman–Crippen LogP) is 4.98. The number of methoxy groups -OCH3 is 1. The van der Waals surface area contributed by atoms with E-state index in [0.29, 0.717) is 29.3 Å². The van der Waals surface area contributed by atoms with Gasteiger partial charge in [0.1, 0.15) is 5.75 Å². The van der Waals surface area contributed by atoms with Gasteiger partial charge in [-0.2, -0.15) is 0 Å². The van der Waals surface area contributed by atoms with Crippen LogP contribution in [0.2, 0.25) is 0 Å².